The lowest BCUT2D eigenvalue weighted by Crippen LogP contribution is -2.40. The number of anilines is 1. The third kappa shape index (κ3) is 6.37. The topological polar surface area (TPSA) is 84.5 Å². The molecule has 6 nitrogen and oxygen atoms in total. The number of rotatable bonds is 6. The van der Waals surface area contributed by atoms with Gasteiger partial charge < -0.3 is 10.1 Å². The van der Waals surface area contributed by atoms with Crippen LogP contribution in [0.5, 0.6) is 5.75 Å². The van der Waals surface area contributed by atoms with Gasteiger partial charge in [-0.2, -0.15) is 0 Å². The third-order valence-electron chi connectivity index (χ3n) is 3.33. The highest BCUT2D eigenvalue weighted by Crippen LogP contribution is 2.19. The lowest BCUT2D eigenvalue weighted by molar-refractivity contribution is 0.102. The van der Waals surface area contributed by atoms with Gasteiger partial charge in [0, 0.05) is 16.8 Å². The molecule has 27 heavy (non-hydrogen) atoms. The molecular weight excluding hydrogens is 364 g/mol. The molecule has 0 heterocycles. The molecule has 146 valence electrons. The van der Waals surface area contributed by atoms with Gasteiger partial charge in [-0.3, -0.25) is 4.79 Å². The van der Waals surface area contributed by atoms with Gasteiger partial charge in [0.15, 0.2) is 0 Å². The predicted octanol–water partition coefficient (Wildman–Crippen LogP) is 3.80. The van der Waals surface area contributed by atoms with Crippen molar-refractivity contribution in [1.82, 2.24) is 4.72 Å². The number of nitrogens with one attached hydrogen (secondary N) is 2. The van der Waals surface area contributed by atoms with E-state index in [0.717, 1.165) is 0 Å². The Hall–Kier alpha value is -2.38. The van der Waals surface area contributed by atoms with Crippen LogP contribution in [0.25, 0.3) is 0 Å². The Morgan fingerprint density at radius 3 is 2.22 bits per heavy atom. The molecule has 0 radical (unpaired) electrons. The van der Waals surface area contributed by atoms with Crippen LogP contribution in [0.3, 0.4) is 0 Å². The van der Waals surface area contributed by atoms with E-state index in [9.17, 15) is 13.2 Å². The molecule has 2 N–H and O–H groups in total. The Balaban J connectivity index is 2.15. The molecule has 0 saturated heterocycles. The molecule has 2 aromatic rings. The van der Waals surface area contributed by atoms with Crippen LogP contribution < -0.4 is 14.8 Å². The van der Waals surface area contributed by atoms with Crippen molar-refractivity contribution in [3.8, 4) is 5.75 Å². The molecular formula is C20H26N2O4S. The second-order valence-corrected chi connectivity index (χ2v) is 9.21. The Kier molecular flexibility index (Phi) is 6.28. The molecule has 0 spiro atoms. The van der Waals surface area contributed by atoms with Crippen molar-refractivity contribution >= 4 is 21.6 Å². The molecule has 0 aliphatic heterocycles. The second kappa shape index (κ2) is 8.10. The molecule has 2 rings (SSSR count). The van der Waals surface area contributed by atoms with Crippen molar-refractivity contribution in [3.63, 3.8) is 0 Å². The molecule has 0 aromatic heterocycles. The van der Waals surface area contributed by atoms with E-state index < -0.39 is 15.6 Å². The van der Waals surface area contributed by atoms with Gasteiger partial charge in [0.25, 0.3) is 5.91 Å². The first kappa shape index (κ1) is 20.9. The van der Waals surface area contributed by atoms with Gasteiger partial charge in [-0.15, -0.1) is 0 Å². The van der Waals surface area contributed by atoms with Gasteiger partial charge in [0.2, 0.25) is 10.0 Å². The summed E-state index contributed by atoms with van der Waals surface area (Å²) in [6.45, 7) is 9.14. The number of benzene rings is 2. The molecule has 7 heteroatoms. The zero-order valence-corrected chi connectivity index (χ0v) is 17.1. The highest BCUT2D eigenvalue weighted by molar-refractivity contribution is 7.89. The first-order valence-electron chi connectivity index (χ1n) is 8.68. The van der Waals surface area contributed by atoms with Crippen LogP contribution >= 0.6 is 0 Å². The number of carbonyl (C=O) groups excluding carboxylic acids is 1. The quantitative estimate of drug-likeness (QED) is 0.786. The van der Waals surface area contributed by atoms with Gasteiger partial charge in [-0.25, -0.2) is 13.1 Å². The minimum absolute atomic E-state index is 0.0470. The van der Waals surface area contributed by atoms with Crippen molar-refractivity contribution in [1.29, 1.82) is 0 Å². The first-order chi connectivity index (χ1) is 12.5. The van der Waals surface area contributed by atoms with Crippen molar-refractivity contribution in [3.05, 3.63) is 54.1 Å². The number of sulfonamides is 1. The molecule has 0 aliphatic carbocycles. The van der Waals surface area contributed by atoms with Crippen LogP contribution in [0.1, 0.15) is 45.0 Å². The van der Waals surface area contributed by atoms with Crippen LogP contribution in [-0.4, -0.2) is 26.0 Å². The van der Waals surface area contributed by atoms with Gasteiger partial charge in [-0.05, 0) is 77.1 Å². The Bertz CT molecular complexity index is 898. The summed E-state index contributed by atoms with van der Waals surface area (Å²) in [6.07, 6.45) is 0.0665. The van der Waals surface area contributed by atoms with E-state index in [1.807, 2.05) is 13.8 Å². The third-order valence-corrected chi connectivity index (χ3v) is 5.09. The van der Waals surface area contributed by atoms with E-state index in [2.05, 4.69) is 10.0 Å². The van der Waals surface area contributed by atoms with Crippen LogP contribution in [0.15, 0.2) is 53.4 Å². The summed E-state index contributed by atoms with van der Waals surface area (Å²) in [5, 5.41) is 2.76. The summed E-state index contributed by atoms with van der Waals surface area (Å²) in [5.41, 5.74) is 0.239. The average Bonchev–Trinajstić information content (AvgIpc) is 2.54. The summed E-state index contributed by atoms with van der Waals surface area (Å²) in [7, 11) is -3.71. The van der Waals surface area contributed by atoms with E-state index >= 15 is 0 Å². The molecule has 0 atom stereocenters. The minimum atomic E-state index is -3.71. The first-order valence-corrected chi connectivity index (χ1v) is 10.2. The summed E-state index contributed by atoms with van der Waals surface area (Å²) in [5.74, 6) is 0.324. The fourth-order valence-corrected chi connectivity index (χ4v) is 3.82. The van der Waals surface area contributed by atoms with Crippen LogP contribution in [-0.2, 0) is 10.0 Å². The van der Waals surface area contributed by atoms with Gasteiger partial charge in [0.1, 0.15) is 5.75 Å². The lowest BCUT2D eigenvalue weighted by Gasteiger charge is -2.20. The zero-order valence-electron chi connectivity index (χ0n) is 16.2. The van der Waals surface area contributed by atoms with E-state index in [0.29, 0.717) is 11.4 Å². The maximum atomic E-state index is 12.5. The normalized spacial score (nSPS) is 12.1. The van der Waals surface area contributed by atoms with Crippen molar-refractivity contribution in [2.45, 2.75) is 51.2 Å². The van der Waals surface area contributed by atoms with Gasteiger partial charge in [-0.1, -0.05) is 6.07 Å². The Labute approximate surface area is 161 Å². The van der Waals surface area contributed by atoms with E-state index in [-0.39, 0.29) is 22.5 Å². The maximum absolute atomic E-state index is 12.5. The molecule has 2 aromatic carbocycles. The molecule has 0 aliphatic rings. The number of ether oxygens (including phenoxy) is 1. The van der Waals surface area contributed by atoms with E-state index in [1.165, 1.54) is 12.1 Å². The minimum Gasteiger partial charge on any atom is -0.491 e. The smallest absolute Gasteiger partial charge is 0.255 e. The second-order valence-electron chi connectivity index (χ2n) is 7.53. The van der Waals surface area contributed by atoms with Crippen LogP contribution in [0.2, 0.25) is 0 Å². The highest BCUT2D eigenvalue weighted by atomic mass is 32.2. The lowest BCUT2D eigenvalue weighted by atomic mass is 10.1. The van der Waals surface area contributed by atoms with Crippen molar-refractivity contribution < 1.29 is 17.9 Å². The number of hydrogen-bond donors (Lipinski definition) is 2. The molecule has 1 amide bonds. The maximum Gasteiger partial charge on any atom is 0.255 e. The highest BCUT2D eigenvalue weighted by Gasteiger charge is 2.22. The summed E-state index contributed by atoms with van der Waals surface area (Å²) < 4.78 is 33.0. The number of amides is 1. The summed E-state index contributed by atoms with van der Waals surface area (Å²) in [4.78, 5) is 12.5. The predicted molar refractivity (Wildman–Crippen MR) is 107 cm³/mol. The van der Waals surface area contributed by atoms with Crippen molar-refractivity contribution in [2.75, 3.05) is 5.32 Å². The van der Waals surface area contributed by atoms with Crippen molar-refractivity contribution in [2.24, 2.45) is 0 Å². The largest absolute Gasteiger partial charge is 0.491 e. The fraction of sp³-hybridized carbons (Fsp3) is 0.350. The summed E-state index contributed by atoms with van der Waals surface area (Å²) >= 11 is 0. The molecule has 0 bridgehead atoms. The Morgan fingerprint density at radius 2 is 1.67 bits per heavy atom. The Morgan fingerprint density at radius 1 is 1.04 bits per heavy atom. The number of hydrogen-bond acceptors (Lipinski definition) is 4. The van der Waals surface area contributed by atoms with E-state index in [4.69, 9.17) is 4.74 Å². The fourth-order valence-electron chi connectivity index (χ4n) is 2.36. The molecule has 0 saturated carbocycles. The summed E-state index contributed by atoms with van der Waals surface area (Å²) in [6, 6.07) is 12.9. The van der Waals surface area contributed by atoms with Crippen LogP contribution in [0, 0.1) is 0 Å². The SMILES string of the molecule is CC(C)Oc1ccc(NC(=O)c2cccc(S(=O)(=O)NC(C)(C)C)c2)cc1. The zero-order chi connectivity index (χ0) is 20.2. The molecule has 0 unspecified atom stereocenters. The van der Waals surface area contributed by atoms with Gasteiger partial charge in [0.05, 0.1) is 11.0 Å². The average molecular weight is 391 g/mol. The van der Waals surface area contributed by atoms with Gasteiger partial charge >= 0.3 is 0 Å². The van der Waals surface area contributed by atoms with Crippen LogP contribution in [0.4, 0.5) is 5.69 Å². The number of carbonyl (C=O) groups is 1. The monoisotopic (exact) mass is 390 g/mol. The molecule has 0 fully saturated rings. The standard InChI is InChI=1S/C20H26N2O4S/c1-14(2)26-17-11-9-16(10-12-17)21-19(23)15-7-6-8-18(13-15)27(24,25)22-20(3,4)5/h6-14,22H,1-5H3,(H,21,23). The van der Waals surface area contributed by atoms with E-state index in [1.54, 1.807) is 57.2 Å².